The molecule has 1 rings (SSSR count). The maximum absolute atomic E-state index is 10.9. The highest BCUT2D eigenvalue weighted by molar-refractivity contribution is 9.10. The van der Waals surface area contributed by atoms with Gasteiger partial charge in [-0.3, -0.25) is 10.1 Å². The van der Waals surface area contributed by atoms with Crippen molar-refractivity contribution in [3.8, 4) is 0 Å². The zero-order valence-corrected chi connectivity index (χ0v) is 11.2. The number of halogens is 1. The summed E-state index contributed by atoms with van der Waals surface area (Å²) in [6, 6.07) is 4.90. The van der Waals surface area contributed by atoms with Crippen molar-refractivity contribution in [2.75, 3.05) is 11.9 Å². The van der Waals surface area contributed by atoms with Crippen LogP contribution in [0.4, 0.5) is 11.4 Å². The fraction of sp³-hybridized carbons (Fsp3) is 0.455. The average molecular weight is 302 g/mol. The molecule has 3 N–H and O–H groups in total. The summed E-state index contributed by atoms with van der Waals surface area (Å²) in [5, 5.41) is 14.0. The molecule has 0 bridgehead atoms. The fourth-order valence-electron chi connectivity index (χ4n) is 1.60. The van der Waals surface area contributed by atoms with Gasteiger partial charge in [-0.2, -0.15) is 0 Å². The third-order valence-electron chi connectivity index (χ3n) is 2.44. The number of hydrogen-bond donors (Lipinski definition) is 2. The predicted molar refractivity (Wildman–Crippen MR) is 72.2 cm³/mol. The van der Waals surface area contributed by atoms with Crippen LogP contribution < -0.4 is 11.1 Å². The van der Waals surface area contributed by atoms with Gasteiger partial charge in [0.25, 0.3) is 5.69 Å². The normalized spacial score (nSPS) is 12.2. The van der Waals surface area contributed by atoms with Crippen LogP contribution in [0.2, 0.25) is 0 Å². The Hall–Kier alpha value is -1.14. The predicted octanol–water partition coefficient (Wildman–Crippen LogP) is 2.90. The second-order valence-electron chi connectivity index (χ2n) is 3.78. The molecule has 0 fully saturated rings. The lowest BCUT2D eigenvalue weighted by Gasteiger charge is -2.17. The van der Waals surface area contributed by atoms with Gasteiger partial charge in [-0.05, 0) is 18.6 Å². The van der Waals surface area contributed by atoms with Crippen LogP contribution in [0.15, 0.2) is 22.7 Å². The zero-order valence-electron chi connectivity index (χ0n) is 9.65. The van der Waals surface area contributed by atoms with E-state index in [1.807, 2.05) is 0 Å². The van der Waals surface area contributed by atoms with Gasteiger partial charge in [0.05, 0.1) is 4.92 Å². The third kappa shape index (κ3) is 3.98. The third-order valence-corrected chi connectivity index (χ3v) is 2.93. The van der Waals surface area contributed by atoms with Crippen LogP contribution in [-0.4, -0.2) is 17.5 Å². The Labute approximate surface area is 109 Å². The van der Waals surface area contributed by atoms with E-state index in [0.717, 1.165) is 17.3 Å². The van der Waals surface area contributed by atoms with Crippen LogP contribution in [-0.2, 0) is 0 Å². The number of nitrogens with zero attached hydrogens (tertiary/aromatic N) is 1. The van der Waals surface area contributed by atoms with Crippen LogP contribution in [0.25, 0.3) is 0 Å². The van der Waals surface area contributed by atoms with Gasteiger partial charge in [0, 0.05) is 23.1 Å². The van der Waals surface area contributed by atoms with Crippen molar-refractivity contribution in [3.05, 3.63) is 32.8 Å². The minimum Gasteiger partial charge on any atom is -0.375 e. The van der Waals surface area contributed by atoms with Crippen LogP contribution >= 0.6 is 15.9 Å². The van der Waals surface area contributed by atoms with E-state index in [2.05, 4.69) is 28.2 Å². The van der Waals surface area contributed by atoms with Crippen molar-refractivity contribution in [2.24, 2.45) is 5.73 Å². The van der Waals surface area contributed by atoms with Crippen LogP contribution in [0, 0.1) is 10.1 Å². The number of hydrogen-bond acceptors (Lipinski definition) is 4. The molecule has 17 heavy (non-hydrogen) atoms. The standard InChI is InChI=1S/C11H16BrN3O2/c1-2-3-9(7-13)14-10-6-8(12)4-5-11(10)15(16)17/h4-6,9,14H,2-3,7,13H2,1H3. The number of benzene rings is 1. The number of rotatable bonds is 6. The molecule has 0 aromatic heterocycles. The molecule has 0 saturated heterocycles. The first-order chi connectivity index (χ1) is 8.08. The SMILES string of the molecule is CCCC(CN)Nc1cc(Br)ccc1[N+](=O)[O-]. The topological polar surface area (TPSA) is 81.2 Å². The number of anilines is 1. The monoisotopic (exact) mass is 301 g/mol. The number of nitro groups is 1. The Kier molecular flexibility index (Phi) is 5.37. The molecule has 94 valence electrons. The first-order valence-corrected chi connectivity index (χ1v) is 6.28. The molecule has 1 aromatic carbocycles. The molecule has 0 aliphatic carbocycles. The Balaban J connectivity index is 2.94. The van der Waals surface area contributed by atoms with Crippen LogP contribution in [0.3, 0.4) is 0 Å². The molecule has 0 saturated carbocycles. The van der Waals surface area contributed by atoms with Gasteiger partial charge in [-0.1, -0.05) is 29.3 Å². The summed E-state index contributed by atoms with van der Waals surface area (Å²) in [6.07, 6.45) is 1.87. The van der Waals surface area contributed by atoms with E-state index in [1.165, 1.54) is 6.07 Å². The van der Waals surface area contributed by atoms with E-state index >= 15 is 0 Å². The van der Waals surface area contributed by atoms with Gasteiger partial charge >= 0.3 is 0 Å². The van der Waals surface area contributed by atoms with Crippen molar-refractivity contribution >= 4 is 27.3 Å². The van der Waals surface area contributed by atoms with Gasteiger partial charge in [-0.25, -0.2) is 0 Å². The maximum atomic E-state index is 10.9. The Morgan fingerprint density at radius 1 is 1.59 bits per heavy atom. The zero-order chi connectivity index (χ0) is 12.8. The molecule has 0 aliphatic heterocycles. The van der Waals surface area contributed by atoms with E-state index in [9.17, 15) is 10.1 Å². The lowest BCUT2D eigenvalue weighted by atomic mass is 10.1. The molecule has 0 aliphatic rings. The molecular formula is C11H16BrN3O2. The minimum absolute atomic E-state index is 0.0630. The molecule has 6 heteroatoms. The highest BCUT2D eigenvalue weighted by Crippen LogP contribution is 2.28. The van der Waals surface area contributed by atoms with Gasteiger partial charge in [0.2, 0.25) is 0 Å². The number of nitrogens with two attached hydrogens (primary N) is 1. The van der Waals surface area contributed by atoms with Crippen molar-refractivity contribution in [2.45, 2.75) is 25.8 Å². The molecule has 0 spiro atoms. The minimum atomic E-state index is -0.395. The van der Waals surface area contributed by atoms with Crippen LogP contribution in [0.5, 0.6) is 0 Å². The number of nitro benzene ring substituents is 1. The Bertz CT molecular complexity index is 398. The summed E-state index contributed by atoms with van der Waals surface area (Å²) in [6.45, 7) is 2.51. The Morgan fingerprint density at radius 2 is 2.29 bits per heavy atom. The van der Waals surface area contributed by atoms with Gasteiger partial charge in [0.1, 0.15) is 5.69 Å². The second kappa shape index (κ2) is 6.56. The van der Waals surface area contributed by atoms with Crippen molar-refractivity contribution in [1.82, 2.24) is 0 Å². The summed E-state index contributed by atoms with van der Waals surface area (Å²) in [5.74, 6) is 0. The highest BCUT2D eigenvalue weighted by Gasteiger charge is 2.16. The summed E-state index contributed by atoms with van der Waals surface area (Å²) in [4.78, 5) is 10.5. The first kappa shape index (κ1) is 13.9. The van der Waals surface area contributed by atoms with Crippen LogP contribution in [0.1, 0.15) is 19.8 Å². The highest BCUT2D eigenvalue weighted by atomic mass is 79.9. The largest absolute Gasteiger partial charge is 0.375 e. The smallest absolute Gasteiger partial charge is 0.292 e. The first-order valence-electron chi connectivity index (χ1n) is 5.49. The van der Waals surface area contributed by atoms with Crippen molar-refractivity contribution in [3.63, 3.8) is 0 Å². The van der Waals surface area contributed by atoms with E-state index in [-0.39, 0.29) is 11.7 Å². The molecule has 0 radical (unpaired) electrons. The lowest BCUT2D eigenvalue weighted by Crippen LogP contribution is -2.28. The summed E-state index contributed by atoms with van der Waals surface area (Å²) >= 11 is 3.30. The van der Waals surface area contributed by atoms with Gasteiger partial charge in [-0.15, -0.1) is 0 Å². The fourth-order valence-corrected chi connectivity index (χ4v) is 1.96. The van der Waals surface area contributed by atoms with Crippen molar-refractivity contribution < 1.29 is 4.92 Å². The maximum Gasteiger partial charge on any atom is 0.292 e. The molecule has 1 atom stereocenters. The van der Waals surface area contributed by atoms with E-state index in [0.29, 0.717) is 12.2 Å². The second-order valence-corrected chi connectivity index (χ2v) is 4.70. The summed E-state index contributed by atoms with van der Waals surface area (Å²) in [5.41, 5.74) is 6.21. The van der Waals surface area contributed by atoms with E-state index < -0.39 is 4.92 Å². The molecule has 1 unspecified atom stereocenters. The van der Waals surface area contributed by atoms with Gasteiger partial charge in [0.15, 0.2) is 0 Å². The molecule has 1 aromatic rings. The molecule has 5 nitrogen and oxygen atoms in total. The summed E-state index contributed by atoms with van der Waals surface area (Å²) < 4.78 is 0.804. The number of nitrogens with one attached hydrogen (secondary N) is 1. The van der Waals surface area contributed by atoms with Crippen molar-refractivity contribution in [1.29, 1.82) is 0 Å². The average Bonchev–Trinajstić information content (AvgIpc) is 2.28. The lowest BCUT2D eigenvalue weighted by molar-refractivity contribution is -0.384. The summed E-state index contributed by atoms with van der Waals surface area (Å²) in [7, 11) is 0. The van der Waals surface area contributed by atoms with E-state index in [1.54, 1.807) is 12.1 Å². The molecule has 0 heterocycles. The van der Waals surface area contributed by atoms with E-state index in [4.69, 9.17) is 5.73 Å². The van der Waals surface area contributed by atoms with Gasteiger partial charge < -0.3 is 11.1 Å². The molecular weight excluding hydrogens is 286 g/mol. The Morgan fingerprint density at radius 3 is 2.82 bits per heavy atom. The quantitative estimate of drug-likeness (QED) is 0.625. The molecule has 0 amide bonds.